The highest BCUT2D eigenvalue weighted by molar-refractivity contribution is 5.87. The van der Waals surface area contributed by atoms with E-state index in [2.05, 4.69) is 37.5 Å². The highest BCUT2D eigenvalue weighted by Gasteiger charge is 2.32. The Labute approximate surface area is 183 Å². The molecule has 0 aliphatic carbocycles. The van der Waals surface area contributed by atoms with Crippen molar-refractivity contribution < 1.29 is 14.2 Å². The molecule has 5 heteroatoms. The zero-order valence-corrected chi connectivity index (χ0v) is 19.2. The average Bonchev–Trinajstić information content (AvgIpc) is 3.06. The Morgan fingerprint density at radius 3 is 2.13 bits per heavy atom. The quantitative estimate of drug-likeness (QED) is 0.542. The monoisotopic (exact) mass is 416 g/mol. The van der Waals surface area contributed by atoms with E-state index in [1.165, 1.54) is 5.56 Å². The minimum atomic E-state index is 0.223. The molecule has 3 aromatic rings. The van der Waals surface area contributed by atoms with Crippen molar-refractivity contribution in [1.82, 2.24) is 4.57 Å². The van der Waals surface area contributed by atoms with E-state index in [0.717, 1.165) is 51.4 Å². The van der Waals surface area contributed by atoms with Crippen molar-refractivity contribution in [2.45, 2.75) is 40.2 Å². The molecule has 0 bridgehead atoms. The second kappa shape index (κ2) is 7.70. The molecule has 2 heterocycles. The summed E-state index contributed by atoms with van der Waals surface area (Å²) in [4.78, 5) is 0. The molecule has 0 saturated heterocycles. The molecule has 0 radical (unpaired) electrons. The molecule has 0 amide bonds. The number of aromatic nitrogens is 1. The Morgan fingerprint density at radius 2 is 1.52 bits per heavy atom. The molecule has 0 saturated carbocycles. The Hall–Kier alpha value is -3.39. The van der Waals surface area contributed by atoms with Crippen LogP contribution in [0.2, 0.25) is 0 Å². The maximum absolute atomic E-state index is 10.3. The van der Waals surface area contributed by atoms with Gasteiger partial charge >= 0.3 is 0 Å². The number of methoxy groups -OCH3 is 3. The van der Waals surface area contributed by atoms with Crippen molar-refractivity contribution in [3.05, 3.63) is 52.2 Å². The summed E-state index contributed by atoms with van der Waals surface area (Å²) in [5.41, 5.74) is 9.17. The maximum atomic E-state index is 10.3. The SMILES string of the molecule is COc1cc(C)c(-c2c(C#N)c3n(c2C)C(C)Cc2cc(OC)c(OC)cc2-3)cc1C. The van der Waals surface area contributed by atoms with Crippen molar-refractivity contribution in [2.24, 2.45) is 0 Å². The number of hydrogen-bond donors (Lipinski definition) is 0. The Morgan fingerprint density at radius 1 is 0.871 bits per heavy atom. The number of rotatable bonds is 4. The zero-order chi connectivity index (χ0) is 22.4. The lowest BCUT2D eigenvalue weighted by Gasteiger charge is -2.28. The van der Waals surface area contributed by atoms with E-state index in [9.17, 15) is 5.26 Å². The normalized spacial score (nSPS) is 14.5. The third kappa shape index (κ3) is 3.06. The first kappa shape index (κ1) is 20.9. The van der Waals surface area contributed by atoms with Gasteiger partial charge in [0.1, 0.15) is 11.8 Å². The van der Waals surface area contributed by atoms with E-state index in [1.807, 2.05) is 25.1 Å². The number of nitrogens with zero attached hydrogens (tertiary/aromatic N) is 2. The average molecular weight is 417 g/mol. The number of aryl methyl sites for hydroxylation is 2. The molecule has 4 rings (SSSR count). The third-order valence-corrected chi connectivity index (χ3v) is 6.39. The van der Waals surface area contributed by atoms with Crippen LogP contribution in [-0.4, -0.2) is 25.9 Å². The predicted molar refractivity (Wildman–Crippen MR) is 122 cm³/mol. The van der Waals surface area contributed by atoms with E-state index >= 15 is 0 Å². The fraction of sp³-hybridized carbons (Fsp3) is 0.346. The number of fused-ring (bicyclic) bond motifs is 3. The first-order valence-corrected chi connectivity index (χ1v) is 10.4. The molecule has 0 N–H and O–H groups in total. The highest BCUT2D eigenvalue weighted by atomic mass is 16.5. The summed E-state index contributed by atoms with van der Waals surface area (Å²) in [6.07, 6.45) is 0.864. The Bertz CT molecular complexity index is 1230. The molecule has 0 fully saturated rings. The van der Waals surface area contributed by atoms with E-state index in [0.29, 0.717) is 17.1 Å². The smallest absolute Gasteiger partial charge is 0.161 e. The standard InChI is InChI=1S/C26H28N2O3/c1-14-9-22(29-5)15(2)8-19(14)25-17(4)28-16(3)10-18-11-23(30-6)24(31-7)12-20(18)26(28)21(25)13-27/h8-9,11-12,16H,10H2,1-7H3. The van der Waals surface area contributed by atoms with Gasteiger partial charge in [-0.3, -0.25) is 0 Å². The number of nitriles is 1. The minimum absolute atomic E-state index is 0.223. The first-order valence-electron chi connectivity index (χ1n) is 10.4. The molecular formula is C26H28N2O3. The van der Waals surface area contributed by atoms with Crippen molar-refractivity contribution in [1.29, 1.82) is 5.26 Å². The molecule has 1 unspecified atom stereocenters. The molecule has 1 atom stereocenters. The molecule has 0 spiro atoms. The topological polar surface area (TPSA) is 56.4 Å². The van der Waals surface area contributed by atoms with Crippen LogP contribution in [0.25, 0.3) is 22.4 Å². The van der Waals surface area contributed by atoms with Crippen LogP contribution in [0.3, 0.4) is 0 Å². The largest absolute Gasteiger partial charge is 0.496 e. The highest BCUT2D eigenvalue weighted by Crippen LogP contribution is 2.48. The molecule has 1 aliphatic rings. The van der Waals surface area contributed by atoms with Crippen LogP contribution in [0, 0.1) is 32.1 Å². The fourth-order valence-corrected chi connectivity index (χ4v) is 4.96. The molecule has 1 aromatic heterocycles. The second-order valence-electron chi connectivity index (χ2n) is 8.22. The molecule has 1 aliphatic heterocycles. The van der Waals surface area contributed by atoms with Gasteiger partial charge in [-0.1, -0.05) is 0 Å². The fourth-order valence-electron chi connectivity index (χ4n) is 4.96. The molecule has 31 heavy (non-hydrogen) atoms. The lowest BCUT2D eigenvalue weighted by molar-refractivity contribution is 0.354. The zero-order valence-electron chi connectivity index (χ0n) is 19.2. The summed E-state index contributed by atoms with van der Waals surface area (Å²) in [5.74, 6) is 2.24. The Kier molecular flexibility index (Phi) is 5.18. The predicted octanol–water partition coefficient (Wildman–Crippen LogP) is 5.76. The van der Waals surface area contributed by atoms with Gasteiger partial charge < -0.3 is 18.8 Å². The van der Waals surface area contributed by atoms with Crippen molar-refractivity contribution in [3.8, 4) is 45.7 Å². The van der Waals surface area contributed by atoms with Crippen LogP contribution in [0.4, 0.5) is 0 Å². The molecule has 160 valence electrons. The van der Waals surface area contributed by atoms with Gasteiger partial charge in [0.25, 0.3) is 0 Å². The number of hydrogen-bond acceptors (Lipinski definition) is 4. The van der Waals surface area contributed by atoms with Gasteiger partial charge in [-0.25, -0.2) is 0 Å². The summed E-state index contributed by atoms with van der Waals surface area (Å²) in [6, 6.07) is 11.0. The number of benzene rings is 2. The molecule has 5 nitrogen and oxygen atoms in total. The van der Waals surface area contributed by atoms with Gasteiger partial charge in [0.2, 0.25) is 0 Å². The van der Waals surface area contributed by atoms with Gasteiger partial charge in [0, 0.05) is 22.9 Å². The summed E-state index contributed by atoms with van der Waals surface area (Å²) >= 11 is 0. The van der Waals surface area contributed by atoms with Crippen molar-refractivity contribution in [2.75, 3.05) is 21.3 Å². The lowest BCUT2D eigenvalue weighted by Crippen LogP contribution is -2.17. The maximum Gasteiger partial charge on any atom is 0.161 e. The van der Waals surface area contributed by atoms with E-state index < -0.39 is 0 Å². The Balaban J connectivity index is 2.06. The van der Waals surface area contributed by atoms with Crippen LogP contribution in [0.15, 0.2) is 24.3 Å². The summed E-state index contributed by atoms with van der Waals surface area (Å²) in [7, 11) is 4.97. The van der Waals surface area contributed by atoms with Crippen molar-refractivity contribution in [3.63, 3.8) is 0 Å². The molecular weight excluding hydrogens is 388 g/mol. The van der Waals surface area contributed by atoms with E-state index in [4.69, 9.17) is 14.2 Å². The van der Waals surface area contributed by atoms with Gasteiger partial charge in [0.15, 0.2) is 11.5 Å². The molecule has 2 aromatic carbocycles. The van der Waals surface area contributed by atoms with Crippen LogP contribution in [0.5, 0.6) is 17.2 Å². The minimum Gasteiger partial charge on any atom is -0.496 e. The second-order valence-corrected chi connectivity index (χ2v) is 8.22. The van der Waals surface area contributed by atoms with Crippen LogP contribution < -0.4 is 14.2 Å². The summed E-state index contributed by atoms with van der Waals surface area (Å²) in [6.45, 7) is 8.42. The first-order chi connectivity index (χ1) is 14.9. The van der Waals surface area contributed by atoms with Crippen LogP contribution in [-0.2, 0) is 6.42 Å². The van der Waals surface area contributed by atoms with E-state index in [1.54, 1.807) is 21.3 Å². The third-order valence-electron chi connectivity index (χ3n) is 6.39. The van der Waals surface area contributed by atoms with Crippen molar-refractivity contribution >= 4 is 0 Å². The van der Waals surface area contributed by atoms with Gasteiger partial charge in [0.05, 0.1) is 32.6 Å². The lowest BCUT2D eigenvalue weighted by atomic mass is 9.90. The van der Waals surface area contributed by atoms with Crippen LogP contribution in [0.1, 0.15) is 40.9 Å². The van der Waals surface area contributed by atoms with Gasteiger partial charge in [-0.2, -0.15) is 5.26 Å². The van der Waals surface area contributed by atoms with E-state index in [-0.39, 0.29) is 6.04 Å². The number of ether oxygens (including phenoxy) is 3. The summed E-state index contributed by atoms with van der Waals surface area (Å²) in [5, 5.41) is 10.3. The summed E-state index contributed by atoms with van der Waals surface area (Å²) < 4.78 is 18.9. The van der Waals surface area contributed by atoms with Crippen LogP contribution >= 0.6 is 0 Å². The van der Waals surface area contributed by atoms with Gasteiger partial charge in [-0.15, -0.1) is 0 Å². The van der Waals surface area contributed by atoms with Gasteiger partial charge in [-0.05, 0) is 80.6 Å².